The van der Waals surface area contributed by atoms with Crippen LogP contribution in [0.5, 0.6) is 0 Å². The third kappa shape index (κ3) is 2.01. The van der Waals surface area contributed by atoms with Crippen LogP contribution in [0, 0.1) is 0 Å². The van der Waals surface area contributed by atoms with Crippen LogP contribution in [0.1, 0.15) is 31.2 Å². The number of hydrogen-bond donors (Lipinski definition) is 1. The third-order valence-electron chi connectivity index (χ3n) is 3.38. The van der Waals surface area contributed by atoms with E-state index in [1.807, 2.05) is 25.2 Å². The van der Waals surface area contributed by atoms with Gasteiger partial charge in [-0.15, -0.1) is 0 Å². The van der Waals surface area contributed by atoms with E-state index in [2.05, 4.69) is 5.32 Å². The number of nitrogens with one attached hydrogen (secondary N) is 1. The quantitative estimate of drug-likeness (QED) is 0.829. The average Bonchev–Trinajstić information content (AvgIpc) is 2.67. The van der Waals surface area contributed by atoms with Gasteiger partial charge in [0.1, 0.15) is 0 Å². The van der Waals surface area contributed by atoms with Gasteiger partial charge in [0.25, 0.3) is 0 Å². The van der Waals surface area contributed by atoms with Crippen LogP contribution >= 0.6 is 23.2 Å². The maximum Gasteiger partial charge on any atom is 0.0471 e. The lowest BCUT2D eigenvalue weighted by molar-refractivity contribution is 0.373. The van der Waals surface area contributed by atoms with E-state index in [-0.39, 0.29) is 5.54 Å². The van der Waals surface area contributed by atoms with Crippen LogP contribution in [0.2, 0.25) is 10.0 Å². The van der Waals surface area contributed by atoms with Gasteiger partial charge >= 0.3 is 0 Å². The fourth-order valence-corrected chi connectivity index (χ4v) is 3.10. The fourth-order valence-electron chi connectivity index (χ4n) is 2.51. The van der Waals surface area contributed by atoms with Crippen molar-refractivity contribution in [2.75, 3.05) is 7.05 Å². The van der Waals surface area contributed by atoms with Crippen LogP contribution in [-0.2, 0) is 5.54 Å². The molecule has 1 aromatic carbocycles. The van der Waals surface area contributed by atoms with Crippen molar-refractivity contribution in [1.29, 1.82) is 0 Å². The van der Waals surface area contributed by atoms with Crippen LogP contribution in [0.15, 0.2) is 18.2 Å². The van der Waals surface area contributed by atoms with Crippen LogP contribution in [-0.4, -0.2) is 7.05 Å². The molecule has 1 saturated carbocycles. The van der Waals surface area contributed by atoms with Gasteiger partial charge in [-0.05, 0) is 37.6 Å². The molecule has 3 heteroatoms. The molecule has 0 radical (unpaired) electrons. The van der Waals surface area contributed by atoms with Gasteiger partial charge in [0.05, 0.1) is 0 Å². The molecule has 2 rings (SSSR count). The molecule has 0 heterocycles. The second kappa shape index (κ2) is 4.32. The summed E-state index contributed by atoms with van der Waals surface area (Å²) in [6.07, 6.45) is 4.84. The molecule has 0 aromatic heterocycles. The van der Waals surface area contributed by atoms with Gasteiger partial charge in [-0.1, -0.05) is 42.1 Å². The molecular formula is C12H15Cl2N. The normalized spacial score (nSPS) is 19.4. The molecule has 1 aliphatic rings. The highest BCUT2D eigenvalue weighted by molar-refractivity contribution is 6.35. The molecule has 0 spiro atoms. The van der Waals surface area contributed by atoms with Gasteiger partial charge in [-0.2, -0.15) is 0 Å². The van der Waals surface area contributed by atoms with Crippen molar-refractivity contribution < 1.29 is 0 Å². The smallest absolute Gasteiger partial charge is 0.0471 e. The maximum atomic E-state index is 6.25. The lowest BCUT2D eigenvalue weighted by atomic mass is 9.88. The molecule has 15 heavy (non-hydrogen) atoms. The SMILES string of the molecule is CNC1(c2ccc(Cl)cc2Cl)CCCC1. The van der Waals surface area contributed by atoms with E-state index in [1.165, 1.54) is 18.4 Å². The third-order valence-corrected chi connectivity index (χ3v) is 3.93. The minimum Gasteiger partial charge on any atom is -0.310 e. The Bertz CT molecular complexity index is 357. The molecule has 0 bridgehead atoms. The Morgan fingerprint density at radius 2 is 1.87 bits per heavy atom. The maximum absolute atomic E-state index is 6.25. The van der Waals surface area contributed by atoms with Gasteiger partial charge in [0, 0.05) is 15.6 Å². The zero-order valence-electron chi connectivity index (χ0n) is 8.82. The van der Waals surface area contributed by atoms with E-state index in [0.29, 0.717) is 5.02 Å². The van der Waals surface area contributed by atoms with Crippen LogP contribution < -0.4 is 5.32 Å². The lowest BCUT2D eigenvalue weighted by Crippen LogP contribution is -2.37. The monoisotopic (exact) mass is 243 g/mol. The van der Waals surface area contributed by atoms with Crippen LogP contribution in [0.25, 0.3) is 0 Å². The van der Waals surface area contributed by atoms with Crippen molar-refractivity contribution in [1.82, 2.24) is 5.32 Å². The largest absolute Gasteiger partial charge is 0.310 e. The summed E-state index contributed by atoms with van der Waals surface area (Å²) < 4.78 is 0. The predicted molar refractivity (Wildman–Crippen MR) is 65.7 cm³/mol. The number of rotatable bonds is 2. The molecule has 1 aromatic rings. The minimum atomic E-state index is 0.0711. The second-order valence-electron chi connectivity index (χ2n) is 4.16. The standard InChI is InChI=1S/C12H15Cl2N/c1-15-12(6-2-3-7-12)10-5-4-9(13)8-11(10)14/h4-5,8,15H,2-3,6-7H2,1H3. The van der Waals surface area contributed by atoms with Gasteiger partial charge in [0.15, 0.2) is 0 Å². The molecule has 0 amide bonds. The van der Waals surface area contributed by atoms with Gasteiger partial charge < -0.3 is 5.32 Å². The van der Waals surface area contributed by atoms with E-state index in [1.54, 1.807) is 0 Å². The van der Waals surface area contributed by atoms with Crippen molar-refractivity contribution in [2.24, 2.45) is 0 Å². The highest BCUT2D eigenvalue weighted by Gasteiger charge is 2.35. The molecule has 82 valence electrons. The first-order chi connectivity index (χ1) is 7.18. The van der Waals surface area contributed by atoms with Gasteiger partial charge in [-0.25, -0.2) is 0 Å². The van der Waals surface area contributed by atoms with E-state index >= 15 is 0 Å². The molecule has 1 fully saturated rings. The van der Waals surface area contributed by atoms with E-state index in [4.69, 9.17) is 23.2 Å². The lowest BCUT2D eigenvalue weighted by Gasteiger charge is -2.30. The van der Waals surface area contributed by atoms with Crippen LogP contribution in [0.3, 0.4) is 0 Å². The summed E-state index contributed by atoms with van der Waals surface area (Å²) in [4.78, 5) is 0. The number of halogens is 2. The minimum absolute atomic E-state index is 0.0711. The van der Waals surface area contributed by atoms with E-state index < -0.39 is 0 Å². The zero-order valence-corrected chi connectivity index (χ0v) is 10.3. The number of benzene rings is 1. The second-order valence-corrected chi connectivity index (χ2v) is 5.01. The Labute approximate surface area is 101 Å². The summed E-state index contributed by atoms with van der Waals surface area (Å²) in [5.74, 6) is 0. The Morgan fingerprint density at radius 3 is 2.40 bits per heavy atom. The topological polar surface area (TPSA) is 12.0 Å². The first-order valence-electron chi connectivity index (χ1n) is 5.32. The summed E-state index contributed by atoms with van der Waals surface area (Å²) in [7, 11) is 2.01. The Kier molecular flexibility index (Phi) is 3.24. The van der Waals surface area contributed by atoms with Crippen molar-refractivity contribution in [2.45, 2.75) is 31.2 Å². The summed E-state index contributed by atoms with van der Waals surface area (Å²) in [5.41, 5.74) is 1.26. The summed E-state index contributed by atoms with van der Waals surface area (Å²) in [6, 6.07) is 5.79. The highest BCUT2D eigenvalue weighted by atomic mass is 35.5. The predicted octanol–water partition coefficient (Wildman–Crippen LogP) is 3.98. The van der Waals surface area contributed by atoms with Crippen molar-refractivity contribution in [3.05, 3.63) is 33.8 Å². The zero-order chi connectivity index (χ0) is 10.9. The molecule has 0 aliphatic heterocycles. The first kappa shape index (κ1) is 11.3. The van der Waals surface area contributed by atoms with E-state index in [0.717, 1.165) is 17.9 Å². The molecule has 1 aliphatic carbocycles. The van der Waals surface area contributed by atoms with E-state index in [9.17, 15) is 0 Å². The molecule has 0 atom stereocenters. The van der Waals surface area contributed by atoms with Gasteiger partial charge in [-0.3, -0.25) is 0 Å². The van der Waals surface area contributed by atoms with Crippen molar-refractivity contribution in [3.63, 3.8) is 0 Å². The highest BCUT2D eigenvalue weighted by Crippen LogP contribution is 2.41. The van der Waals surface area contributed by atoms with Crippen molar-refractivity contribution in [3.8, 4) is 0 Å². The Balaban J connectivity index is 2.42. The Morgan fingerprint density at radius 1 is 1.20 bits per heavy atom. The number of hydrogen-bond acceptors (Lipinski definition) is 1. The fraction of sp³-hybridized carbons (Fsp3) is 0.500. The molecule has 1 N–H and O–H groups in total. The summed E-state index contributed by atoms with van der Waals surface area (Å²) in [6.45, 7) is 0. The molecular weight excluding hydrogens is 229 g/mol. The molecule has 0 saturated heterocycles. The average molecular weight is 244 g/mol. The molecule has 1 nitrogen and oxygen atoms in total. The Hall–Kier alpha value is -0.240. The molecule has 0 unspecified atom stereocenters. The summed E-state index contributed by atoms with van der Waals surface area (Å²) in [5, 5.41) is 4.90. The van der Waals surface area contributed by atoms with Crippen molar-refractivity contribution >= 4 is 23.2 Å². The first-order valence-corrected chi connectivity index (χ1v) is 6.08. The summed E-state index contributed by atoms with van der Waals surface area (Å²) >= 11 is 12.2. The van der Waals surface area contributed by atoms with Crippen LogP contribution in [0.4, 0.5) is 0 Å². The van der Waals surface area contributed by atoms with Gasteiger partial charge in [0.2, 0.25) is 0 Å².